The van der Waals surface area contributed by atoms with E-state index in [1.165, 1.54) is 11.0 Å². The molecule has 2 N–H and O–H groups in total. The Labute approximate surface area is 428 Å². The van der Waals surface area contributed by atoms with E-state index in [9.17, 15) is 24.3 Å². The normalized spacial score (nSPS) is 20.6. The molecule has 10 rings (SSSR count). The van der Waals surface area contributed by atoms with Gasteiger partial charge in [-0.2, -0.15) is 5.10 Å². The van der Waals surface area contributed by atoms with Gasteiger partial charge in [-0.15, -0.1) is 11.3 Å². The Hall–Kier alpha value is -6.05. The van der Waals surface area contributed by atoms with Crippen molar-refractivity contribution < 1.29 is 42.3 Å². The minimum Gasteiger partial charge on any atom is -0.391 e. The van der Waals surface area contributed by atoms with E-state index in [-0.39, 0.29) is 65.7 Å². The average molecular weight is 1020 g/mol. The molecular formula is C54H65F2N9O7S. The average Bonchev–Trinajstić information content (AvgIpc) is 4.22. The lowest BCUT2D eigenvalue weighted by molar-refractivity contribution is -0.140. The number of piperidine rings is 1. The number of carbonyl (C=O) groups excluding carboxylic acids is 4. The highest BCUT2D eigenvalue weighted by Crippen LogP contribution is 2.43. The van der Waals surface area contributed by atoms with E-state index in [2.05, 4.69) is 20.1 Å². The Balaban J connectivity index is 0.810. The molecule has 5 aliphatic rings. The molecule has 0 radical (unpaired) electrons. The lowest BCUT2D eigenvalue weighted by Gasteiger charge is -2.34. The van der Waals surface area contributed by atoms with Crippen LogP contribution >= 0.6 is 11.3 Å². The van der Waals surface area contributed by atoms with E-state index in [1.54, 1.807) is 35.3 Å². The number of amides is 4. The zero-order valence-corrected chi connectivity index (χ0v) is 43.0. The molecule has 0 spiro atoms. The van der Waals surface area contributed by atoms with Crippen LogP contribution in [0.2, 0.25) is 0 Å². The number of nitrogens with zero attached hydrogens (tertiary/aromatic N) is 8. The minimum atomic E-state index is -2.91. The van der Waals surface area contributed by atoms with Crippen molar-refractivity contribution in [3.8, 4) is 10.4 Å². The molecule has 73 heavy (non-hydrogen) atoms. The molecule has 19 heteroatoms. The van der Waals surface area contributed by atoms with Crippen molar-refractivity contribution in [1.29, 1.82) is 0 Å². The molecule has 4 atom stereocenters. The van der Waals surface area contributed by atoms with Gasteiger partial charge in [0.05, 0.1) is 52.4 Å². The second kappa shape index (κ2) is 21.1. The van der Waals surface area contributed by atoms with Gasteiger partial charge in [0.15, 0.2) is 5.82 Å². The Morgan fingerprint density at radius 3 is 2.37 bits per heavy atom. The summed E-state index contributed by atoms with van der Waals surface area (Å²) in [5, 5.41) is 23.5. The Morgan fingerprint density at radius 2 is 1.68 bits per heavy atom. The second-order valence-electron chi connectivity index (χ2n) is 20.8. The number of benzene rings is 2. The van der Waals surface area contributed by atoms with Gasteiger partial charge in [-0.1, -0.05) is 43.3 Å². The van der Waals surface area contributed by atoms with Gasteiger partial charge in [-0.25, -0.2) is 13.8 Å². The number of thiazole rings is 1. The summed E-state index contributed by atoms with van der Waals surface area (Å²) in [5.74, 6) is -1.02. The topological polar surface area (TPSA) is 179 Å². The summed E-state index contributed by atoms with van der Waals surface area (Å²) >= 11 is 1.57. The number of aliphatic hydroxyl groups excluding tert-OH is 1. The maximum absolute atomic E-state index is 15.2. The van der Waals surface area contributed by atoms with Gasteiger partial charge in [-0.3, -0.25) is 23.9 Å². The third-order valence-electron chi connectivity index (χ3n) is 15.8. The molecule has 8 heterocycles. The molecule has 0 aliphatic carbocycles. The van der Waals surface area contributed by atoms with Crippen molar-refractivity contribution in [2.75, 3.05) is 50.8 Å². The molecule has 0 saturated carbocycles. The van der Waals surface area contributed by atoms with Crippen LogP contribution in [0.3, 0.4) is 0 Å². The van der Waals surface area contributed by atoms with Crippen molar-refractivity contribution in [3.63, 3.8) is 0 Å². The number of aliphatic hydroxyl groups is 1. The van der Waals surface area contributed by atoms with Crippen molar-refractivity contribution in [2.45, 2.75) is 135 Å². The van der Waals surface area contributed by atoms with Crippen LogP contribution in [0.4, 0.5) is 20.3 Å². The number of alkyl halides is 2. The first-order chi connectivity index (χ1) is 35.1. The van der Waals surface area contributed by atoms with Gasteiger partial charge < -0.3 is 39.3 Å². The van der Waals surface area contributed by atoms with E-state index >= 15 is 8.78 Å². The fraction of sp³-hybridized carbons (Fsp3) is 0.537. The number of ether oxygens (including phenoxy) is 1. The summed E-state index contributed by atoms with van der Waals surface area (Å²) < 4.78 is 44.0. The Kier molecular flexibility index (Phi) is 14.6. The number of aryl methyl sites for hydroxylation is 2. The second-order valence-corrected chi connectivity index (χ2v) is 21.7. The molecule has 388 valence electrons. The number of hydrogen-bond donors (Lipinski definition) is 2. The number of carbonyl (C=O) groups is 4. The van der Waals surface area contributed by atoms with Crippen LogP contribution in [0.1, 0.15) is 152 Å². The van der Waals surface area contributed by atoms with Crippen LogP contribution in [0.5, 0.6) is 0 Å². The number of nitrogens with one attached hydrogen (secondary N) is 1. The maximum atomic E-state index is 15.2. The van der Waals surface area contributed by atoms with E-state index in [0.717, 1.165) is 57.8 Å². The zero-order valence-electron chi connectivity index (χ0n) is 42.2. The third-order valence-corrected chi connectivity index (χ3v) is 16.7. The number of halogens is 2. The highest BCUT2D eigenvalue weighted by Gasteiger charge is 2.44. The first kappa shape index (κ1) is 50.5. The van der Waals surface area contributed by atoms with Crippen molar-refractivity contribution in [3.05, 3.63) is 98.6 Å². The molecular weight excluding hydrogens is 957 g/mol. The monoisotopic (exact) mass is 1020 g/mol. The number of rotatable bonds is 12. The summed E-state index contributed by atoms with van der Waals surface area (Å²) in [6, 6.07) is 11.8. The highest BCUT2D eigenvalue weighted by molar-refractivity contribution is 7.13. The van der Waals surface area contributed by atoms with Gasteiger partial charge >= 0.3 is 0 Å². The third kappa shape index (κ3) is 10.0. The quantitative estimate of drug-likeness (QED) is 0.123. The fourth-order valence-electron chi connectivity index (χ4n) is 11.7. The predicted octanol–water partition coefficient (Wildman–Crippen LogP) is 8.18. The van der Waals surface area contributed by atoms with Crippen LogP contribution in [0, 0.1) is 12.8 Å². The molecule has 3 aromatic heterocycles. The first-order valence-electron chi connectivity index (χ1n) is 25.9. The number of likely N-dealkylation sites (tertiary alicyclic amines) is 2. The summed E-state index contributed by atoms with van der Waals surface area (Å²) in [7, 11) is 0. The number of anilines is 2. The van der Waals surface area contributed by atoms with Crippen molar-refractivity contribution in [1.82, 2.24) is 39.9 Å². The Bertz CT molecular complexity index is 2850. The highest BCUT2D eigenvalue weighted by atomic mass is 32.1. The molecule has 3 fully saturated rings. The smallest absolute Gasteiger partial charge is 0.264 e. The molecule has 2 aromatic carbocycles. The largest absolute Gasteiger partial charge is 0.391 e. The molecule has 3 saturated heterocycles. The fourth-order valence-corrected chi connectivity index (χ4v) is 12.5. The van der Waals surface area contributed by atoms with Crippen LogP contribution < -0.4 is 10.2 Å². The summed E-state index contributed by atoms with van der Waals surface area (Å²) in [4.78, 5) is 67.6. The number of β-amino-alcohol motifs (C(OH)–C–C–N with tert-alkyl or cyclic N) is 1. The SMILES string of the molecule is CC(=O)N1CCc2c(c(N3CCCc4cc(C(=O)N5CCC(c6cc([C@H](C(=O)N7C[C@H](O)C[C@H]7C(=O)N[C@@H](C)c7ccc(-c8scnc8C)cc7)C(C)C)no6)CC5)c(C(F)F)cc43)nn2C2CCOCC2)C1. The van der Waals surface area contributed by atoms with Crippen LogP contribution in [-0.2, 0) is 38.5 Å². The van der Waals surface area contributed by atoms with E-state index in [0.29, 0.717) is 94.6 Å². The standard InChI is InChI=1S/C54H65F2N9O7S/c1-30(2)48(54(70)64-27-39(67)24-46(64)52(68)58-31(3)34-8-10-36(11-9-34)49-32(4)57-29-73-49)43-26-47(72-60-43)35-12-18-61(19-13-35)53(69)41-23-37-7-6-17-63(45(37)25-40(41)50(55)56)51-42-28-62(33(5)66)20-14-44(42)65(59-51)38-15-21-71-22-16-38/h8-11,23,25-26,29-31,35,38-39,46,48,50,67H,6-7,12-22,24,27-28H2,1-5H3,(H,58,68)/t31-,39+,46-,48+/m0/s1. The van der Waals surface area contributed by atoms with Gasteiger partial charge in [0.1, 0.15) is 11.8 Å². The number of hydrogen-bond acceptors (Lipinski definition) is 12. The summed E-state index contributed by atoms with van der Waals surface area (Å²) in [6.07, 6.45) is 0.956. The van der Waals surface area contributed by atoms with Crippen molar-refractivity contribution >= 4 is 46.5 Å². The summed E-state index contributed by atoms with van der Waals surface area (Å²) in [5.41, 5.74) is 8.27. The van der Waals surface area contributed by atoms with E-state index in [4.69, 9.17) is 14.4 Å². The molecule has 5 aliphatic heterocycles. The molecule has 0 bridgehead atoms. The minimum absolute atomic E-state index is 0.00297. The summed E-state index contributed by atoms with van der Waals surface area (Å²) in [6.45, 7) is 12.7. The molecule has 5 aromatic rings. The van der Waals surface area contributed by atoms with Gasteiger partial charge in [0.2, 0.25) is 17.7 Å². The lowest BCUT2D eigenvalue weighted by atomic mass is 9.88. The Morgan fingerprint density at radius 1 is 0.932 bits per heavy atom. The molecule has 16 nitrogen and oxygen atoms in total. The van der Waals surface area contributed by atoms with Gasteiger partial charge in [0, 0.05) is 106 Å². The zero-order chi connectivity index (χ0) is 51.2. The number of fused-ring (bicyclic) bond motifs is 2. The number of aromatic nitrogens is 4. The van der Waals surface area contributed by atoms with Crippen LogP contribution in [0.25, 0.3) is 10.4 Å². The van der Waals surface area contributed by atoms with E-state index < -0.39 is 30.4 Å². The predicted molar refractivity (Wildman–Crippen MR) is 270 cm³/mol. The van der Waals surface area contributed by atoms with E-state index in [1.807, 2.05) is 67.3 Å². The first-order valence-corrected chi connectivity index (χ1v) is 26.7. The van der Waals surface area contributed by atoms with Gasteiger partial charge in [0.25, 0.3) is 12.3 Å². The molecule has 0 unspecified atom stereocenters. The van der Waals surface area contributed by atoms with Gasteiger partial charge in [-0.05, 0) is 87.1 Å². The lowest BCUT2D eigenvalue weighted by Crippen LogP contribution is -2.48. The van der Waals surface area contributed by atoms with Crippen LogP contribution in [0.15, 0.2) is 52.5 Å². The van der Waals surface area contributed by atoms with Crippen molar-refractivity contribution in [2.24, 2.45) is 5.92 Å². The maximum Gasteiger partial charge on any atom is 0.264 e. The molecule has 4 amide bonds. The van der Waals surface area contributed by atoms with Crippen LogP contribution in [-0.4, -0.2) is 121 Å².